The zero-order valence-corrected chi connectivity index (χ0v) is 5.79. The molecule has 0 saturated carbocycles. The van der Waals surface area contributed by atoms with Crippen LogP contribution in [0.1, 0.15) is 0 Å². The average Bonchev–Trinajstić information content (AvgIpc) is 1.00. The van der Waals surface area contributed by atoms with Crippen LogP contribution in [0.25, 0.3) is 0 Å². The van der Waals surface area contributed by atoms with Crippen molar-refractivity contribution in [1.29, 1.82) is 0 Å². The van der Waals surface area contributed by atoms with Crippen LogP contribution in [-0.4, -0.2) is 32.4 Å². The van der Waals surface area contributed by atoms with Crippen molar-refractivity contribution in [1.82, 2.24) is 0 Å². The van der Waals surface area contributed by atoms with Crippen molar-refractivity contribution in [2.24, 2.45) is 0 Å². The minimum Gasteiger partial charge on any atom is -0.412 e. The molecule has 0 saturated heterocycles. The third-order valence-electron chi connectivity index (χ3n) is 0. The minimum atomic E-state index is 0. The van der Waals surface area contributed by atoms with E-state index in [0.29, 0.717) is 0 Å². The molecule has 0 atom stereocenters. The van der Waals surface area contributed by atoms with E-state index in [0.717, 1.165) is 0 Å². The summed E-state index contributed by atoms with van der Waals surface area (Å²) in [4.78, 5) is 0. The normalized spacial score (nSPS) is 0.857. The van der Waals surface area contributed by atoms with Crippen LogP contribution < -0.4 is 0 Å². The minimum absolute atomic E-state index is 0. The first-order valence-electron chi connectivity index (χ1n) is 0.200. The van der Waals surface area contributed by atoms with Crippen molar-refractivity contribution < 1.29 is 52.2 Å². The second kappa shape index (κ2) is 1190. The van der Waals surface area contributed by atoms with E-state index in [1.165, 1.54) is 0 Å². The molecule has 0 radical (unpaired) electrons. The molecular formula is H10O6Os. The van der Waals surface area contributed by atoms with Crippen LogP contribution in [-0.2, 0) is 19.8 Å². The van der Waals surface area contributed by atoms with E-state index < -0.39 is 0 Å². The summed E-state index contributed by atoms with van der Waals surface area (Å²) < 4.78 is 0. The average molecular weight is 296 g/mol. The van der Waals surface area contributed by atoms with Gasteiger partial charge in [0.25, 0.3) is 0 Å². The molecule has 54 valence electrons. The zero-order valence-electron chi connectivity index (χ0n) is 3.25. The van der Waals surface area contributed by atoms with E-state index >= 15 is 0 Å². The van der Waals surface area contributed by atoms with Crippen LogP contribution in [0.4, 0.5) is 0 Å². The Kier molecular flexibility index (Phi) is 26300. The maximum atomic E-state index is 6.00. The summed E-state index contributed by atoms with van der Waals surface area (Å²) in [6, 6.07) is 0. The summed E-state index contributed by atoms with van der Waals surface area (Å²) in [6.45, 7) is 0. The van der Waals surface area contributed by atoms with Crippen LogP contribution in [0.2, 0.25) is 0 Å². The Balaban J connectivity index is -0.000000000500. The van der Waals surface area contributed by atoms with Crippen molar-refractivity contribution in [3.05, 3.63) is 0 Å². The van der Waals surface area contributed by atoms with E-state index in [2.05, 4.69) is 0 Å². The second-order valence-corrected chi connectivity index (χ2v) is 0. The first kappa shape index (κ1) is 155. The fourth-order valence-corrected chi connectivity index (χ4v) is 0. The fraction of sp³-hybridized carbons (Fsp3) is 0. The molecule has 0 aromatic carbocycles. The Morgan fingerprint density at radius 2 is 0.571 bits per heavy atom. The number of hydrogen-bond donors (Lipinski definition) is 2. The predicted molar refractivity (Wildman–Crippen MR) is 19.7 cm³/mol. The molecule has 0 amide bonds. The predicted octanol–water partition coefficient (Wildman–Crippen LogP) is -3.28. The SMILES string of the molecule is O.O.O.O.OO.[Os]. The molecule has 7 heteroatoms. The molecule has 0 bridgehead atoms. The molecule has 0 heterocycles. The first-order valence-corrected chi connectivity index (χ1v) is 0.200. The van der Waals surface area contributed by atoms with E-state index in [9.17, 15) is 0 Å². The van der Waals surface area contributed by atoms with Crippen LogP contribution >= 0.6 is 0 Å². The molecule has 0 aliphatic heterocycles. The molecule has 7 heavy (non-hydrogen) atoms. The summed E-state index contributed by atoms with van der Waals surface area (Å²) in [6.07, 6.45) is 0. The Morgan fingerprint density at radius 1 is 0.571 bits per heavy atom. The molecule has 0 aliphatic carbocycles. The zero-order chi connectivity index (χ0) is 2.00. The van der Waals surface area contributed by atoms with Crippen LogP contribution in [0.3, 0.4) is 0 Å². The van der Waals surface area contributed by atoms with Gasteiger partial charge in [0.2, 0.25) is 0 Å². The Morgan fingerprint density at radius 3 is 0.571 bits per heavy atom. The Hall–Kier alpha value is 0.396. The van der Waals surface area contributed by atoms with Gasteiger partial charge in [-0.15, -0.1) is 0 Å². The van der Waals surface area contributed by atoms with Gasteiger partial charge in [-0.1, -0.05) is 0 Å². The van der Waals surface area contributed by atoms with Gasteiger partial charge in [-0.3, -0.25) is 10.5 Å². The number of hydrogen-bond acceptors (Lipinski definition) is 2. The van der Waals surface area contributed by atoms with Gasteiger partial charge in [0.15, 0.2) is 0 Å². The molecule has 0 spiro atoms. The molecule has 0 rings (SSSR count). The van der Waals surface area contributed by atoms with Gasteiger partial charge in [0.05, 0.1) is 0 Å². The van der Waals surface area contributed by atoms with Gasteiger partial charge in [0, 0.05) is 19.8 Å². The van der Waals surface area contributed by atoms with Crippen molar-refractivity contribution in [3.63, 3.8) is 0 Å². The summed E-state index contributed by atoms with van der Waals surface area (Å²) in [5.41, 5.74) is 0. The van der Waals surface area contributed by atoms with E-state index in [1.54, 1.807) is 0 Å². The largest absolute Gasteiger partial charge is 0.412 e. The smallest absolute Gasteiger partial charge is 0 e. The standard InChI is InChI=1S/H2O2.4H2O.Os/c1-2;;;;;/h1-2H;4*1H2;. The van der Waals surface area contributed by atoms with Gasteiger partial charge in [-0.25, -0.2) is 0 Å². The van der Waals surface area contributed by atoms with E-state index in [4.69, 9.17) is 10.5 Å². The van der Waals surface area contributed by atoms with E-state index in [1.807, 2.05) is 0 Å². The molecule has 0 aromatic rings. The molecular weight excluding hydrogens is 286 g/mol. The molecule has 0 aromatic heterocycles. The number of rotatable bonds is 0. The van der Waals surface area contributed by atoms with Gasteiger partial charge in [-0.2, -0.15) is 0 Å². The monoisotopic (exact) mass is 298 g/mol. The Labute approximate surface area is 53.0 Å². The summed E-state index contributed by atoms with van der Waals surface area (Å²) >= 11 is 0. The molecule has 0 unspecified atom stereocenters. The molecule has 0 aliphatic rings. The van der Waals surface area contributed by atoms with Gasteiger partial charge < -0.3 is 21.9 Å². The van der Waals surface area contributed by atoms with Gasteiger partial charge in [-0.05, 0) is 0 Å². The first-order chi connectivity index (χ1) is 1.00. The van der Waals surface area contributed by atoms with Crippen LogP contribution in [0, 0.1) is 0 Å². The van der Waals surface area contributed by atoms with Gasteiger partial charge >= 0.3 is 0 Å². The summed E-state index contributed by atoms with van der Waals surface area (Å²) in [5, 5.41) is 12.0. The molecule has 10 N–H and O–H groups in total. The quantitative estimate of drug-likeness (QED) is 0.353. The van der Waals surface area contributed by atoms with Crippen molar-refractivity contribution in [2.75, 3.05) is 0 Å². The topological polar surface area (TPSA) is 166 Å². The maximum Gasteiger partial charge on any atom is 0 e. The summed E-state index contributed by atoms with van der Waals surface area (Å²) in [5.74, 6) is 0. The van der Waals surface area contributed by atoms with Gasteiger partial charge in [0.1, 0.15) is 0 Å². The Bertz CT molecular complexity index is 4.14. The van der Waals surface area contributed by atoms with Crippen LogP contribution in [0.5, 0.6) is 0 Å². The van der Waals surface area contributed by atoms with Crippen molar-refractivity contribution in [3.8, 4) is 0 Å². The third kappa shape index (κ3) is 787. The maximum absolute atomic E-state index is 6.00. The second-order valence-electron chi connectivity index (χ2n) is 0. The fourth-order valence-electron chi connectivity index (χ4n) is 0. The van der Waals surface area contributed by atoms with E-state index in [-0.39, 0.29) is 41.7 Å². The summed E-state index contributed by atoms with van der Waals surface area (Å²) in [7, 11) is 0. The molecule has 6 nitrogen and oxygen atoms in total. The third-order valence-corrected chi connectivity index (χ3v) is 0. The molecule has 0 fully saturated rings. The van der Waals surface area contributed by atoms with Crippen LogP contribution in [0.15, 0.2) is 0 Å². The van der Waals surface area contributed by atoms with Crippen molar-refractivity contribution >= 4 is 0 Å². The van der Waals surface area contributed by atoms with Crippen molar-refractivity contribution in [2.45, 2.75) is 0 Å².